The highest BCUT2D eigenvalue weighted by molar-refractivity contribution is 7.71. The number of H-pyrrole nitrogens is 1. The van der Waals surface area contributed by atoms with Crippen LogP contribution in [0.3, 0.4) is 0 Å². The van der Waals surface area contributed by atoms with Crippen molar-refractivity contribution in [3.63, 3.8) is 0 Å². The zero-order valence-electron chi connectivity index (χ0n) is 8.12. The highest BCUT2D eigenvalue weighted by Crippen LogP contribution is 2.24. The van der Waals surface area contributed by atoms with Gasteiger partial charge in [0.1, 0.15) is 11.6 Å². The number of aromatic nitrogens is 2. The number of nitrogens with zero attached hydrogens (tertiary/aromatic N) is 1. The van der Waals surface area contributed by atoms with E-state index in [-0.39, 0.29) is 5.82 Å². The molecule has 0 saturated heterocycles. The molecule has 0 radical (unpaired) electrons. The van der Waals surface area contributed by atoms with Crippen molar-refractivity contribution in [2.75, 3.05) is 5.73 Å². The monoisotopic (exact) mass is 223 g/mol. The first-order chi connectivity index (χ1) is 7.09. The maximum atomic E-state index is 12.7. The fourth-order valence-corrected chi connectivity index (χ4v) is 1.57. The molecule has 0 spiro atoms. The number of hydrogen-bond donors (Lipinski definition) is 2. The molecule has 5 heteroatoms. The third-order valence-electron chi connectivity index (χ3n) is 2.29. The zero-order chi connectivity index (χ0) is 11.0. The largest absolute Gasteiger partial charge is 0.383 e. The number of rotatable bonds is 1. The second kappa shape index (κ2) is 3.51. The molecule has 0 bridgehead atoms. The van der Waals surface area contributed by atoms with Crippen LogP contribution in [-0.2, 0) is 7.05 Å². The third-order valence-corrected chi connectivity index (χ3v) is 2.66. The molecule has 0 unspecified atom stereocenters. The van der Waals surface area contributed by atoms with Gasteiger partial charge in [-0.25, -0.2) is 4.39 Å². The summed E-state index contributed by atoms with van der Waals surface area (Å²) < 4.78 is 14.9. The fraction of sp³-hybridized carbons (Fsp3) is 0.100. The van der Waals surface area contributed by atoms with Gasteiger partial charge in [0.15, 0.2) is 4.77 Å². The highest BCUT2D eigenvalue weighted by atomic mass is 32.1. The Hall–Kier alpha value is -1.62. The lowest BCUT2D eigenvalue weighted by atomic mass is 10.1. The summed E-state index contributed by atoms with van der Waals surface area (Å²) in [5.74, 6) is 0.276. The molecule has 0 amide bonds. The van der Waals surface area contributed by atoms with E-state index in [1.165, 1.54) is 12.1 Å². The molecule has 0 aliphatic heterocycles. The molecule has 0 atom stereocenters. The number of imidazole rings is 1. The van der Waals surface area contributed by atoms with Crippen molar-refractivity contribution in [3.8, 4) is 11.3 Å². The molecule has 3 nitrogen and oxygen atoms in total. The SMILES string of the molecule is Cn1c(N)c(-c2ccc(F)cc2)[nH]c1=S. The summed E-state index contributed by atoms with van der Waals surface area (Å²) in [5, 5.41) is 0. The third kappa shape index (κ3) is 1.66. The molecule has 0 aliphatic carbocycles. The molecule has 15 heavy (non-hydrogen) atoms. The Kier molecular flexibility index (Phi) is 2.32. The van der Waals surface area contributed by atoms with Gasteiger partial charge in [-0.05, 0) is 36.5 Å². The van der Waals surface area contributed by atoms with Crippen LogP contribution >= 0.6 is 12.2 Å². The first-order valence-corrected chi connectivity index (χ1v) is 4.81. The predicted octanol–water partition coefficient (Wildman–Crippen LogP) is 2.47. The molecule has 2 aromatic rings. The molecule has 2 rings (SSSR count). The van der Waals surface area contributed by atoms with Crippen molar-refractivity contribution in [3.05, 3.63) is 34.9 Å². The Labute approximate surface area is 91.4 Å². The van der Waals surface area contributed by atoms with E-state index in [2.05, 4.69) is 4.98 Å². The van der Waals surface area contributed by atoms with Crippen LogP contribution in [0.2, 0.25) is 0 Å². The van der Waals surface area contributed by atoms with Crippen molar-refractivity contribution >= 4 is 18.0 Å². The second-order valence-electron chi connectivity index (χ2n) is 3.26. The average Bonchev–Trinajstić information content (AvgIpc) is 2.47. The molecular formula is C10H10FN3S. The molecule has 78 valence electrons. The summed E-state index contributed by atoms with van der Waals surface area (Å²) in [4.78, 5) is 2.98. The first kappa shape index (κ1) is 9.92. The molecular weight excluding hydrogens is 213 g/mol. The van der Waals surface area contributed by atoms with Gasteiger partial charge in [-0.15, -0.1) is 0 Å². The van der Waals surface area contributed by atoms with Crippen molar-refractivity contribution in [2.45, 2.75) is 0 Å². The van der Waals surface area contributed by atoms with E-state index in [0.717, 1.165) is 11.3 Å². The van der Waals surface area contributed by atoms with Gasteiger partial charge in [0.2, 0.25) is 0 Å². The Morgan fingerprint density at radius 1 is 1.33 bits per heavy atom. The van der Waals surface area contributed by atoms with Crippen molar-refractivity contribution in [1.29, 1.82) is 0 Å². The van der Waals surface area contributed by atoms with E-state index in [1.54, 1.807) is 23.7 Å². The van der Waals surface area contributed by atoms with Gasteiger partial charge in [0.05, 0.1) is 5.69 Å². The minimum Gasteiger partial charge on any atom is -0.383 e. The summed E-state index contributed by atoms with van der Waals surface area (Å²) in [6.07, 6.45) is 0. The van der Waals surface area contributed by atoms with Crippen LogP contribution in [0, 0.1) is 10.6 Å². The van der Waals surface area contributed by atoms with Gasteiger partial charge in [-0.1, -0.05) is 0 Å². The van der Waals surface area contributed by atoms with Crippen LogP contribution in [0.15, 0.2) is 24.3 Å². The minimum absolute atomic E-state index is 0.271. The molecule has 1 heterocycles. The number of hydrogen-bond acceptors (Lipinski definition) is 2. The standard InChI is InChI=1S/C10H10FN3S/c1-14-9(12)8(13-10(14)15)6-2-4-7(11)5-3-6/h2-5H,12H2,1H3,(H,13,15). The molecule has 1 aromatic carbocycles. The molecule has 1 aromatic heterocycles. The molecule has 3 N–H and O–H groups in total. The van der Waals surface area contributed by atoms with Gasteiger partial charge in [-0.2, -0.15) is 0 Å². The summed E-state index contributed by atoms with van der Waals surface area (Å²) >= 11 is 5.04. The normalized spacial score (nSPS) is 10.5. The Morgan fingerprint density at radius 3 is 2.40 bits per heavy atom. The van der Waals surface area contributed by atoms with E-state index in [9.17, 15) is 4.39 Å². The Morgan fingerprint density at radius 2 is 1.93 bits per heavy atom. The average molecular weight is 223 g/mol. The van der Waals surface area contributed by atoms with Crippen molar-refractivity contribution < 1.29 is 4.39 Å². The van der Waals surface area contributed by atoms with Crippen LogP contribution < -0.4 is 5.73 Å². The van der Waals surface area contributed by atoms with Crippen LogP contribution in [0.25, 0.3) is 11.3 Å². The van der Waals surface area contributed by atoms with Crippen LogP contribution in [-0.4, -0.2) is 9.55 Å². The minimum atomic E-state index is -0.271. The van der Waals surface area contributed by atoms with Crippen LogP contribution in [0.4, 0.5) is 10.2 Å². The number of aromatic amines is 1. The van der Waals surface area contributed by atoms with Gasteiger partial charge in [-0.3, -0.25) is 0 Å². The molecule has 0 fully saturated rings. The van der Waals surface area contributed by atoms with Crippen LogP contribution in [0.5, 0.6) is 0 Å². The van der Waals surface area contributed by atoms with Gasteiger partial charge in [0.25, 0.3) is 0 Å². The van der Waals surface area contributed by atoms with Crippen molar-refractivity contribution in [2.24, 2.45) is 7.05 Å². The number of halogens is 1. The van der Waals surface area contributed by atoms with E-state index in [1.807, 2.05) is 0 Å². The summed E-state index contributed by atoms with van der Waals surface area (Å²) in [6, 6.07) is 6.09. The maximum Gasteiger partial charge on any atom is 0.178 e. The van der Waals surface area contributed by atoms with E-state index in [4.69, 9.17) is 18.0 Å². The Balaban J connectivity index is 2.59. The smallest absolute Gasteiger partial charge is 0.178 e. The Bertz CT molecular complexity index is 539. The predicted molar refractivity (Wildman–Crippen MR) is 60.4 cm³/mol. The number of anilines is 1. The summed E-state index contributed by atoms with van der Waals surface area (Å²) in [6.45, 7) is 0. The number of benzene rings is 1. The number of nitrogens with one attached hydrogen (secondary N) is 1. The van der Waals surface area contributed by atoms with Gasteiger partial charge < -0.3 is 15.3 Å². The van der Waals surface area contributed by atoms with Gasteiger partial charge in [0, 0.05) is 12.6 Å². The summed E-state index contributed by atoms with van der Waals surface area (Å²) in [7, 11) is 1.78. The maximum absolute atomic E-state index is 12.7. The van der Waals surface area contributed by atoms with E-state index >= 15 is 0 Å². The fourth-order valence-electron chi connectivity index (χ4n) is 1.37. The number of nitrogens with two attached hydrogens (primary N) is 1. The van der Waals surface area contributed by atoms with E-state index in [0.29, 0.717) is 10.6 Å². The topological polar surface area (TPSA) is 46.7 Å². The van der Waals surface area contributed by atoms with Crippen molar-refractivity contribution in [1.82, 2.24) is 9.55 Å². The lowest BCUT2D eigenvalue weighted by Crippen LogP contribution is -1.96. The number of nitrogen functional groups attached to an aromatic ring is 1. The van der Waals surface area contributed by atoms with Crippen LogP contribution in [0.1, 0.15) is 0 Å². The zero-order valence-corrected chi connectivity index (χ0v) is 8.94. The second-order valence-corrected chi connectivity index (χ2v) is 3.64. The van der Waals surface area contributed by atoms with E-state index < -0.39 is 0 Å². The first-order valence-electron chi connectivity index (χ1n) is 4.40. The highest BCUT2D eigenvalue weighted by Gasteiger charge is 2.07. The van der Waals surface area contributed by atoms with Gasteiger partial charge >= 0.3 is 0 Å². The molecule has 0 saturated carbocycles. The lowest BCUT2D eigenvalue weighted by molar-refractivity contribution is 0.628. The lowest BCUT2D eigenvalue weighted by Gasteiger charge is -2.00. The summed E-state index contributed by atoms with van der Waals surface area (Å²) in [5.41, 5.74) is 7.39. The molecule has 0 aliphatic rings. The quantitative estimate of drug-likeness (QED) is 0.729.